The van der Waals surface area contributed by atoms with Crippen molar-refractivity contribution in [2.45, 2.75) is 25.8 Å². The third-order valence-corrected chi connectivity index (χ3v) is 1.54. The predicted molar refractivity (Wildman–Crippen MR) is 46.5 cm³/mol. The van der Waals surface area contributed by atoms with E-state index in [1.54, 1.807) is 0 Å². The Labute approximate surface area is 81.2 Å². The highest BCUT2D eigenvalue weighted by Crippen LogP contribution is 1.99. The first-order valence-electron chi connectivity index (χ1n) is 4.04. The first kappa shape index (κ1) is 12.4. The number of amides is 1. The fraction of sp³-hybridized carbons (Fsp3) is 0.625. The number of aliphatic carboxylic acids is 1. The average Bonchev–Trinajstić information content (AvgIpc) is 2.10. The number of hydrogen-bond acceptors (Lipinski definition) is 4. The highest BCUT2D eigenvalue weighted by Gasteiger charge is 2.19. The minimum atomic E-state index is -1.16. The van der Waals surface area contributed by atoms with Gasteiger partial charge in [-0.15, -0.1) is 0 Å². The maximum absolute atomic E-state index is 10.7. The Morgan fingerprint density at radius 3 is 2.36 bits per heavy atom. The van der Waals surface area contributed by atoms with Crippen LogP contribution in [0.1, 0.15) is 19.8 Å². The summed E-state index contributed by atoms with van der Waals surface area (Å²) in [5.41, 5.74) is 0. The average molecular weight is 203 g/mol. The number of rotatable bonds is 5. The van der Waals surface area contributed by atoms with Crippen LogP contribution in [0.4, 0.5) is 0 Å². The van der Waals surface area contributed by atoms with E-state index in [-0.39, 0.29) is 12.8 Å². The van der Waals surface area contributed by atoms with Crippen LogP contribution in [0.3, 0.4) is 0 Å². The van der Waals surface area contributed by atoms with Crippen molar-refractivity contribution in [2.75, 3.05) is 7.11 Å². The van der Waals surface area contributed by atoms with Gasteiger partial charge in [0.2, 0.25) is 5.91 Å². The highest BCUT2D eigenvalue weighted by molar-refractivity contribution is 5.82. The van der Waals surface area contributed by atoms with Crippen molar-refractivity contribution in [1.29, 1.82) is 0 Å². The van der Waals surface area contributed by atoms with Crippen LogP contribution in [-0.4, -0.2) is 36.1 Å². The van der Waals surface area contributed by atoms with E-state index in [9.17, 15) is 14.4 Å². The van der Waals surface area contributed by atoms with Crippen LogP contribution in [0.25, 0.3) is 0 Å². The van der Waals surface area contributed by atoms with Gasteiger partial charge in [-0.2, -0.15) is 0 Å². The molecule has 2 N–H and O–H groups in total. The van der Waals surface area contributed by atoms with Crippen molar-refractivity contribution in [2.24, 2.45) is 0 Å². The molecule has 0 heterocycles. The molecule has 0 aromatic rings. The Bertz CT molecular complexity index is 238. The maximum Gasteiger partial charge on any atom is 0.326 e. The number of hydrogen-bond donors (Lipinski definition) is 2. The van der Waals surface area contributed by atoms with Gasteiger partial charge in [0.15, 0.2) is 0 Å². The van der Waals surface area contributed by atoms with E-state index in [4.69, 9.17) is 5.11 Å². The van der Waals surface area contributed by atoms with E-state index in [0.29, 0.717) is 0 Å². The molecule has 0 aliphatic heterocycles. The van der Waals surface area contributed by atoms with Crippen molar-refractivity contribution < 1.29 is 24.2 Å². The van der Waals surface area contributed by atoms with E-state index in [1.165, 1.54) is 14.0 Å². The van der Waals surface area contributed by atoms with Crippen molar-refractivity contribution in [3.8, 4) is 0 Å². The Kier molecular flexibility index (Phi) is 5.28. The molecule has 0 aromatic heterocycles. The fourth-order valence-corrected chi connectivity index (χ4v) is 0.867. The molecule has 0 rings (SSSR count). The molecule has 0 aliphatic carbocycles. The van der Waals surface area contributed by atoms with Crippen molar-refractivity contribution in [3.05, 3.63) is 0 Å². The van der Waals surface area contributed by atoms with Crippen molar-refractivity contribution in [3.63, 3.8) is 0 Å². The van der Waals surface area contributed by atoms with Crippen LogP contribution in [0.15, 0.2) is 0 Å². The number of carbonyl (C=O) groups excluding carboxylic acids is 2. The van der Waals surface area contributed by atoms with E-state index in [1.807, 2.05) is 0 Å². The number of methoxy groups -OCH3 is 1. The summed E-state index contributed by atoms with van der Waals surface area (Å²) in [4.78, 5) is 31.8. The normalized spacial score (nSPS) is 11.6. The monoisotopic (exact) mass is 203 g/mol. The Hall–Kier alpha value is -1.59. The van der Waals surface area contributed by atoms with Gasteiger partial charge in [-0.05, 0) is 6.42 Å². The molecule has 0 saturated carbocycles. The van der Waals surface area contributed by atoms with Gasteiger partial charge in [0, 0.05) is 13.3 Å². The second kappa shape index (κ2) is 5.95. The molecule has 0 unspecified atom stereocenters. The summed E-state index contributed by atoms with van der Waals surface area (Å²) in [7, 11) is 1.22. The van der Waals surface area contributed by atoms with Crippen LogP contribution in [0.5, 0.6) is 0 Å². The molecule has 1 atom stereocenters. The molecular formula is C8H13NO5. The van der Waals surface area contributed by atoms with E-state index in [0.717, 1.165) is 0 Å². The van der Waals surface area contributed by atoms with Crippen LogP contribution >= 0.6 is 0 Å². The summed E-state index contributed by atoms with van der Waals surface area (Å²) in [6.45, 7) is 1.22. The van der Waals surface area contributed by atoms with Gasteiger partial charge in [-0.3, -0.25) is 9.59 Å². The third-order valence-electron chi connectivity index (χ3n) is 1.54. The molecule has 1 amide bonds. The number of carboxylic acid groups (broad SMARTS) is 1. The Morgan fingerprint density at radius 1 is 1.43 bits per heavy atom. The van der Waals surface area contributed by atoms with Crippen LogP contribution in [0, 0.1) is 0 Å². The highest BCUT2D eigenvalue weighted by atomic mass is 16.5. The summed E-state index contributed by atoms with van der Waals surface area (Å²) in [5, 5.41) is 10.9. The number of carboxylic acids is 1. The summed E-state index contributed by atoms with van der Waals surface area (Å²) < 4.78 is 4.34. The molecule has 0 spiro atoms. The van der Waals surface area contributed by atoms with E-state index < -0.39 is 23.9 Å². The van der Waals surface area contributed by atoms with Crippen molar-refractivity contribution >= 4 is 17.8 Å². The Balaban J connectivity index is 4.04. The second-order valence-electron chi connectivity index (χ2n) is 2.71. The lowest BCUT2D eigenvalue weighted by atomic mass is 10.1. The molecule has 14 heavy (non-hydrogen) atoms. The molecule has 80 valence electrons. The predicted octanol–water partition coefficient (Wildman–Crippen LogP) is -0.471. The summed E-state index contributed by atoms with van der Waals surface area (Å²) in [5.74, 6) is -2.10. The van der Waals surface area contributed by atoms with Gasteiger partial charge in [-0.25, -0.2) is 4.79 Å². The summed E-state index contributed by atoms with van der Waals surface area (Å²) in [6, 6.07) is -1.04. The van der Waals surface area contributed by atoms with Gasteiger partial charge in [0.1, 0.15) is 6.04 Å². The molecule has 6 heteroatoms. The fourth-order valence-electron chi connectivity index (χ4n) is 0.867. The molecule has 0 aliphatic rings. The number of nitrogens with one attached hydrogen (secondary N) is 1. The van der Waals surface area contributed by atoms with Crippen LogP contribution < -0.4 is 5.32 Å². The molecule has 0 aromatic carbocycles. The zero-order valence-corrected chi connectivity index (χ0v) is 8.07. The lowest BCUT2D eigenvalue weighted by molar-refractivity contribution is -0.143. The SMILES string of the molecule is COC(=O)CC[C@@H](NC(C)=O)C(=O)O. The van der Waals surface area contributed by atoms with Gasteiger partial charge in [0.05, 0.1) is 7.11 Å². The molecular weight excluding hydrogens is 190 g/mol. The summed E-state index contributed by atoms with van der Waals surface area (Å²) in [6.07, 6.45) is -0.00463. The molecule has 0 bridgehead atoms. The Morgan fingerprint density at radius 2 is 2.00 bits per heavy atom. The van der Waals surface area contributed by atoms with Gasteiger partial charge in [-0.1, -0.05) is 0 Å². The van der Waals surface area contributed by atoms with E-state index >= 15 is 0 Å². The summed E-state index contributed by atoms with van der Waals surface area (Å²) >= 11 is 0. The zero-order chi connectivity index (χ0) is 11.1. The topological polar surface area (TPSA) is 92.7 Å². The molecule has 0 fully saturated rings. The van der Waals surface area contributed by atoms with Crippen LogP contribution in [-0.2, 0) is 19.1 Å². The molecule has 0 saturated heterocycles. The first-order chi connectivity index (χ1) is 6.47. The maximum atomic E-state index is 10.7. The van der Waals surface area contributed by atoms with Gasteiger partial charge < -0.3 is 15.2 Å². The third kappa shape index (κ3) is 5.13. The lowest BCUT2D eigenvalue weighted by Gasteiger charge is -2.11. The largest absolute Gasteiger partial charge is 0.480 e. The van der Waals surface area contributed by atoms with Crippen LogP contribution in [0.2, 0.25) is 0 Å². The number of esters is 1. The number of carbonyl (C=O) groups is 3. The van der Waals surface area contributed by atoms with Gasteiger partial charge >= 0.3 is 11.9 Å². The zero-order valence-electron chi connectivity index (χ0n) is 8.07. The lowest BCUT2D eigenvalue weighted by Crippen LogP contribution is -2.39. The van der Waals surface area contributed by atoms with E-state index in [2.05, 4.69) is 10.1 Å². The molecule has 6 nitrogen and oxygen atoms in total. The smallest absolute Gasteiger partial charge is 0.326 e. The minimum Gasteiger partial charge on any atom is -0.480 e. The van der Waals surface area contributed by atoms with Crippen molar-refractivity contribution in [1.82, 2.24) is 5.32 Å². The molecule has 0 radical (unpaired) electrons. The minimum absolute atomic E-state index is 0.0294. The second-order valence-corrected chi connectivity index (χ2v) is 2.71. The standard InChI is InChI=1S/C8H13NO5/c1-5(10)9-6(8(12)13)3-4-7(11)14-2/h6H,3-4H2,1-2H3,(H,9,10)(H,12,13)/t6-/m1/s1. The quantitative estimate of drug-likeness (QED) is 0.589. The number of ether oxygens (including phenoxy) is 1. The first-order valence-corrected chi connectivity index (χ1v) is 4.04. The van der Waals surface area contributed by atoms with Gasteiger partial charge in [0.25, 0.3) is 0 Å².